The molecule has 4 nitrogen and oxygen atoms in total. The number of hydrogen-bond acceptors (Lipinski definition) is 7. The van der Waals surface area contributed by atoms with Gasteiger partial charge in [0.2, 0.25) is 0 Å². The number of alkyl halides is 3. The molecule has 0 radical (unpaired) electrons. The van der Waals surface area contributed by atoms with Gasteiger partial charge in [0.15, 0.2) is 0 Å². The van der Waals surface area contributed by atoms with Crippen LogP contribution in [-0.2, 0) is 17.5 Å². The largest absolute Gasteiger partial charge is 0.416 e. The van der Waals surface area contributed by atoms with Crippen LogP contribution in [0.4, 0.5) is 13.2 Å². The van der Waals surface area contributed by atoms with E-state index in [9.17, 15) is 18.4 Å². The van der Waals surface area contributed by atoms with Gasteiger partial charge in [0.25, 0.3) is 0 Å². The SMILES string of the molecule is N#Cc1cc(C(F)(F)F)ccc1CSC1=NC2(CC2)c2cc(C#CSI)nnc2S1. The highest BCUT2D eigenvalue weighted by atomic mass is 127. The lowest BCUT2D eigenvalue weighted by Crippen LogP contribution is -2.15. The summed E-state index contributed by atoms with van der Waals surface area (Å²) in [7, 11) is 1.38. The number of aliphatic imine (C=N–C) groups is 1. The maximum atomic E-state index is 12.9. The number of nitrogens with zero attached hydrogens (tertiary/aromatic N) is 4. The van der Waals surface area contributed by atoms with Crippen molar-refractivity contribution in [2.75, 3.05) is 0 Å². The zero-order valence-electron chi connectivity index (χ0n) is 15.0. The van der Waals surface area contributed by atoms with Crippen LogP contribution in [-0.4, -0.2) is 14.6 Å². The molecular formula is C19H10F3IN4S3. The summed E-state index contributed by atoms with van der Waals surface area (Å²) < 4.78 is 39.4. The second-order valence-electron chi connectivity index (χ2n) is 6.53. The average molecular weight is 574 g/mol. The fraction of sp³-hybridized carbons (Fsp3) is 0.263. The molecular weight excluding hydrogens is 564 g/mol. The van der Waals surface area contributed by atoms with E-state index >= 15 is 0 Å². The third-order valence-corrected chi connectivity index (χ3v) is 7.60. The summed E-state index contributed by atoms with van der Waals surface area (Å²) >= 11 is 4.89. The number of hydrogen-bond donors (Lipinski definition) is 0. The van der Waals surface area contributed by atoms with Crippen LogP contribution in [0.5, 0.6) is 0 Å². The summed E-state index contributed by atoms with van der Waals surface area (Å²) in [5, 5.41) is 21.4. The van der Waals surface area contributed by atoms with Gasteiger partial charge in [-0.25, -0.2) is 0 Å². The standard InChI is InChI=1S/C19H10F3IN4S3/c20-19(21,22)13-2-1-11(12(7-13)9-24)10-28-17-25-18(4-5-18)15-8-14(3-6-29-23)26-27-16(15)30-17/h1-2,7-8H,4-5,10H2. The Morgan fingerprint density at radius 2 is 2.03 bits per heavy atom. The Labute approximate surface area is 195 Å². The minimum absolute atomic E-state index is 0.0245. The second-order valence-corrected chi connectivity index (χ2v) is 10.4. The molecule has 1 spiro atoms. The highest BCUT2D eigenvalue weighted by Crippen LogP contribution is 2.56. The average Bonchev–Trinajstić information content (AvgIpc) is 3.49. The molecule has 0 unspecified atom stereocenters. The van der Waals surface area contributed by atoms with Gasteiger partial charge in [-0.1, -0.05) is 17.8 Å². The Hall–Kier alpha value is -1.41. The molecule has 0 N–H and O–H groups in total. The summed E-state index contributed by atoms with van der Waals surface area (Å²) in [6, 6.07) is 7.07. The first-order valence-electron chi connectivity index (χ1n) is 8.52. The van der Waals surface area contributed by atoms with E-state index in [0.717, 1.165) is 39.9 Å². The van der Waals surface area contributed by atoms with E-state index in [1.165, 1.54) is 38.5 Å². The van der Waals surface area contributed by atoms with Crippen LogP contribution in [0.1, 0.15) is 40.8 Å². The number of halogens is 4. The number of nitriles is 1. The molecule has 2 aliphatic rings. The molecule has 1 aromatic heterocycles. The van der Waals surface area contributed by atoms with Crippen LogP contribution in [0.3, 0.4) is 0 Å². The first-order valence-corrected chi connectivity index (χ1v) is 13.7. The zero-order chi connectivity index (χ0) is 21.4. The van der Waals surface area contributed by atoms with Gasteiger partial charge in [-0.2, -0.15) is 18.4 Å². The predicted molar refractivity (Wildman–Crippen MR) is 122 cm³/mol. The first-order chi connectivity index (χ1) is 14.3. The van der Waals surface area contributed by atoms with E-state index in [4.69, 9.17) is 4.99 Å². The number of benzene rings is 1. The lowest BCUT2D eigenvalue weighted by Gasteiger charge is -2.21. The van der Waals surface area contributed by atoms with Crippen molar-refractivity contribution < 1.29 is 13.2 Å². The van der Waals surface area contributed by atoms with Crippen molar-refractivity contribution in [1.82, 2.24) is 10.2 Å². The maximum Gasteiger partial charge on any atom is 0.416 e. The summed E-state index contributed by atoms with van der Waals surface area (Å²) in [4.78, 5) is 4.87. The molecule has 2 aromatic rings. The Morgan fingerprint density at radius 3 is 2.70 bits per heavy atom. The van der Waals surface area contributed by atoms with E-state index < -0.39 is 11.7 Å². The van der Waals surface area contributed by atoms with Gasteiger partial charge < -0.3 is 0 Å². The van der Waals surface area contributed by atoms with Gasteiger partial charge in [0.1, 0.15) is 15.1 Å². The molecule has 0 atom stereocenters. The molecule has 1 aliphatic heterocycles. The normalized spacial score (nSPS) is 16.2. The lowest BCUT2D eigenvalue weighted by molar-refractivity contribution is -0.137. The molecule has 1 aliphatic carbocycles. The third kappa shape index (κ3) is 4.59. The first kappa shape index (κ1) is 21.8. The monoisotopic (exact) mass is 574 g/mol. The minimum atomic E-state index is -4.47. The van der Waals surface area contributed by atoms with Crippen molar-refractivity contribution in [1.29, 1.82) is 5.26 Å². The zero-order valence-corrected chi connectivity index (χ0v) is 19.6. The number of aromatic nitrogens is 2. The van der Waals surface area contributed by atoms with Crippen molar-refractivity contribution in [3.05, 3.63) is 52.2 Å². The van der Waals surface area contributed by atoms with E-state index in [1.54, 1.807) is 0 Å². The molecule has 0 saturated heterocycles. The maximum absolute atomic E-state index is 12.9. The molecule has 1 fully saturated rings. The molecule has 1 aromatic carbocycles. The summed E-state index contributed by atoms with van der Waals surface area (Å²) in [5.74, 6) is 3.30. The quantitative estimate of drug-likeness (QED) is 0.317. The second kappa shape index (κ2) is 8.61. The number of fused-ring (bicyclic) bond motifs is 2. The molecule has 2 heterocycles. The van der Waals surface area contributed by atoms with Gasteiger partial charge in [0, 0.05) is 32.5 Å². The van der Waals surface area contributed by atoms with Gasteiger partial charge in [-0.15, -0.1) is 10.2 Å². The Balaban J connectivity index is 1.53. The van der Waals surface area contributed by atoms with E-state index in [2.05, 4.69) is 42.6 Å². The molecule has 4 rings (SSSR count). The Bertz CT molecular complexity index is 1140. The molecule has 11 heteroatoms. The van der Waals surface area contributed by atoms with Crippen molar-refractivity contribution in [3.8, 4) is 17.2 Å². The predicted octanol–water partition coefficient (Wildman–Crippen LogP) is 6.14. The highest BCUT2D eigenvalue weighted by molar-refractivity contribution is 14.2. The van der Waals surface area contributed by atoms with Crippen LogP contribution in [0.2, 0.25) is 0 Å². The van der Waals surface area contributed by atoms with Crippen LogP contribution in [0.25, 0.3) is 0 Å². The van der Waals surface area contributed by atoms with Crippen molar-refractivity contribution in [3.63, 3.8) is 0 Å². The Kier molecular flexibility index (Phi) is 6.26. The fourth-order valence-electron chi connectivity index (χ4n) is 2.95. The van der Waals surface area contributed by atoms with Crippen LogP contribution in [0, 0.1) is 22.5 Å². The van der Waals surface area contributed by atoms with Crippen LogP contribution in [0.15, 0.2) is 34.3 Å². The molecule has 0 bridgehead atoms. The molecule has 1 saturated carbocycles. The van der Waals surface area contributed by atoms with Crippen molar-refractivity contribution >= 4 is 58.0 Å². The van der Waals surface area contributed by atoms with E-state index in [-0.39, 0.29) is 11.1 Å². The fourth-order valence-corrected chi connectivity index (χ4v) is 5.66. The highest BCUT2D eigenvalue weighted by Gasteiger charge is 2.49. The van der Waals surface area contributed by atoms with Crippen LogP contribution >= 0.6 is 53.7 Å². The summed E-state index contributed by atoms with van der Waals surface area (Å²) in [5.41, 5.74) is 1.09. The molecule has 30 heavy (non-hydrogen) atoms. The van der Waals surface area contributed by atoms with Gasteiger partial charge in [-0.05, 0) is 68.5 Å². The van der Waals surface area contributed by atoms with Gasteiger partial charge in [-0.3, -0.25) is 4.99 Å². The summed E-state index contributed by atoms with van der Waals surface area (Å²) in [6.45, 7) is 0. The van der Waals surface area contributed by atoms with E-state index in [1.807, 2.05) is 12.1 Å². The third-order valence-electron chi connectivity index (χ3n) is 4.60. The van der Waals surface area contributed by atoms with Crippen molar-refractivity contribution in [2.45, 2.75) is 35.3 Å². The number of rotatable bonds is 2. The van der Waals surface area contributed by atoms with E-state index in [0.29, 0.717) is 17.0 Å². The van der Waals surface area contributed by atoms with Crippen molar-refractivity contribution in [2.24, 2.45) is 4.99 Å². The lowest BCUT2D eigenvalue weighted by atomic mass is 10.1. The smallest absolute Gasteiger partial charge is 0.260 e. The van der Waals surface area contributed by atoms with Gasteiger partial charge >= 0.3 is 6.18 Å². The number of thioether (sulfide) groups is 2. The molecule has 152 valence electrons. The molecule has 0 amide bonds. The van der Waals surface area contributed by atoms with Crippen LogP contribution < -0.4 is 0 Å². The summed E-state index contributed by atoms with van der Waals surface area (Å²) in [6.07, 6.45) is -2.65. The Morgan fingerprint density at radius 1 is 1.23 bits per heavy atom. The minimum Gasteiger partial charge on any atom is -0.260 e. The van der Waals surface area contributed by atoms with Gasteiger partial charge in [0.05, 0.1) is 22.7 Å². The topological polar surface area (TPSA) is 61.9 Å².